The molecule has 0 unspecified atom stereocenters. The van der Waals surface area contributed by atoms with Crippen molar-refractivity contribution >= 4 is 34.8 Å². The normalized spacial score (nSPS) is 14.4. The molecular formula is C24H30ClN3O3. The molecule has 0 aromatic heterocycles. The third-order valence-corrected chi connectivity index (χ3v) is 5.76. The van der Waals surface area contributed by atoms with Gasteiger partial charge in [-0.1, -0.05) is 24.6 Å². The van der Waals surface area contributed by atoms with Gasteiger partial charge in [-0.25, -0.2) is 0 Å². The molecule has 2 aromatic carbocycles. The Morgan fingerprint density at radius 1 is 1.13 bits per heavy atom. The molecule has 1 heterocycles. The Hall–Kier alpha value is -2.57. The summed E-state index contributed by atoms with van der Waals surface area (Å²) in [5.74, 6) is 0.274. The first-order chi connectivity index (χ1) is 15.0. The van der Waals surface area contributed by atoms with E-state index in [2.05, 4.69) is 22.5 Å². The monoisotopic (exact) mass is 443 g/mol. The van der Waals surface area contributed by atoms with Gasteiger partial charge in [0, 0.05) is 55.3 Å². The first-order valence-electron chi connectivity index (χ1n) is 10.7. The molecule has 2 N–H and O–H groups in total. The second kappa shape index (κ2) is 11.2. The van der Waals surface area contributed by atoms with E-state index < -0.39 is 0 Å². The fourth-order valence-corrected chi connectivity index (χ4v) is 3.86. The van der Waals surface area contributed by atoms with Crippen LogP contribution in [0.1, 0.15) is 46.9 Å². The van der Waals surface area contributed by atoms with Crippen LogP contribution < -0.4 is 15.5 Å². The minimum atomic E-state index is -0.270. The minimum Gasteiger partial charge on any atom is -0.385 e. The number of nitrogens with zero attached hydrogens (tertiary/aromatic N) is 1. The van der Waals surface area contributed by atoms with E-state index in [9.17, 15) is 9.59 Å². The van der Waals surface area contributed by atoms with E-state index in [1.165, 1.54) is 0 Å². The van der Waals surface area contributed by atoms with Crippen LogP contribution >= 0.6 is 11.6 Å². The van der Waals surface area contributed by atoms with Gasteiger partial charge in [0.15, 0.2) is 0 Å². The zero-order valence-electron chi connectivity index (χ0n) is 18.1. The van der Waals surface area contributed by atoms with Crippen molar-refractivity contribution in [2.45, 2.75) is 26.2 Å². The highest BCUT2D eigenvalue weighted by atomic mass is 35.5. The lowest BCUT2D eigenvalue weighted by atomic mass is 9.97. The van der Waals surface area contributed by atoms with E-state index in [-0.39, 0.29) is 11.8 Å². The summed E-state index contributed by atoms with van der Waals surface area (Å²) in [4.78, 5) is 27.9. The molecular weight excluding hydrogens is 414 g/mol. The first kappa shape index (κ1) is 23.1. The van der Waals surface area contributed by atoms with Crippen molar-refractivity contribution in [2.75, 3.05) is 43.6 Å². The first-order valence-corrected chi connectivity index (χ1v) is 11.1. The number of nitrogens with one attached hydrogen (secondary N) is 2. The van der Waals surface area contributed by atoms with Crippen LogP contribution in [0.5, 0.6) is 0 Å². The molecule has 3 rings (SSSR count). The molecule has 1 fully saturated rings. The highest BCUT2D eigenvalue weighted by molar-refractivity contribution is 6.31. The van der Waals surface area contributed by atoms with E-state index in [1.54, 1.807) is 37.4 Å². The van der Waals surface area contributed by atoms with Crippen molar-refractivity contribution in [2.24, 2.45) is 5.92 Å². The molecule has 0 radical (unpaired) electrons. The van der Waals surface area contributed by atoms with Crippen molar-refractivity contribution in [3.05, 3.63) is 58.6 Å². The Morgan fingerprint density at radius 2 is 1.90 bits per heavy atom. The van der Waals surface area contributed by atoms with Gasteiger partial charge in [0.1, 0.15) is 0 Å². The Morgan fingerprint density at radius 3 is 2.61 bits per heavy atom. The summed E-state index contributed by atoms with van der Waals surface area (Å²) >= 11 is 6.00. The smallest absolute Gasteiger partial charge is 0.255 e. The van der Waals surface area contributed by atoms with Crippen molar-refractivity contribution in [3.63, 3.8) is 0 Å². The highest BCUT2D eigenvalue weighted by Gasteiger charge is 2.22. The van der Waals surface area contributed by atoms with E-state index in [0.717, 1.165) is 38.0 Å². The Bertz CT molecular complexity index is 911. The zero-order chi connectivity index (χ0) is 22.2. The van der Waals surface area contributed by atoms with Crippen LogP contribution in [-0.2, 0) is 4.74 Å². The second-order valence-electron chi connectivity index (χ2n) is 7.97. The maximum atomic E-state index is 13.0. The number of amides is 2. The van der Waals surface area contributed by atoms with E-state index in [0.29, 0.717) is 40.9 Å². The number of anilines is 2. The lowest BCUT2D eigenvalue weighted by Crippen LogP contribution is -2.35. The van der Waals surface area contributed by atoms with Crippen LogP contribution in [0.15, 0.2) is 42.5 Å². The molecule has 31 heavy (non-hydrogen) atoms. The molecule has 1 aliphatic rings. The Labute approximate surface area is 188 Å². The van der Waals surface area contributed by atoms with Gasteiger partial charge < -0.3 is 20.3 Å². The van der Waals surface area contributed by atoms with E-state index >= 15 is 0 Å². The molecule has 0 spiro atoms. The van der Waals surface area contributed by atoms with Gasteiger partial charge in [-0.05, 0) is 61.6 Å². The molecule has 2 amide bonds. The van der Waals surface area contributed by atoms with Crippen molar-refractivity contribution in [1.29, 1.82) is 0 Å². The summed E-state index contributed by atoms with van der Waals surface area (Å²) in [6.07, 6.45) is 2.94. The number of carbonyl (C=O) groups excluding carboxylic acids is 2. The topological polar surface area (TPSA) is 70.7 Å². The number of piperidine rings is 1. The summed E-state index contributed by atoms with van der Waals surface area (Å²) in [5.41, 5.74) is 2.50. The average Bonchev–Trinajstić information content (AvgIpc) is 2.77. The zero-order valence-corrected chi connectivity index (χ0v) is 18.9. The van der Waals surface area contributed by atoms with Gasteiger partial charge in [0.05, 0.1) is 5.56 Å². The largest absolute Gasteiger partial charge is 0.385 e. The molecule has 0 aliphatic carbocycles. The fourth-order valence-electron chi connectivity index (χ4n) is 3.67. The molecule has 2 aromatic rings. The minimum absolute atomic E-state index is 0.149. The summed E-state index contributed by atoms with van der Waals surface area (Å²) < 4.78 is 5.06. The molecule has 0 saturated carbocycles. The number of methoxy groups -OCH3 is 1. The van der Waals surface area contributed by atoms with Crippen LogP contribution in [0.2, 0.25) is 5.02 Å². The number of carbonyl (C=O) groups is 2. The van der Waals surface area contributed by atoms with Gasteiger partial charge in [-0.2, -0.15) is 0 Å². The van der Waals surface area contributed by atoms with Gasteiger partial charge in [-0.3, -0.25) is 9.59 Å². The van der Waals surface area contributed by atoms with E-state index in [4.69, 9.17) is 16.3 Å². The quantitative estimate of drug-likeness (QED) is 0.585. The van der Waals surface area contributed by atoms with Crippen LogP contribution in [-0.4, -0.2) is 45.2 Å². The molecule has 1 aliphatic heterocycles. The third-order valence-electron chi connectivity index (χ3n) is 5.52. The van der Waals surface area contributed by atoms with Crippen molar-refractivity contribution in [1.82, 2.24) is 5.32 Å². The Balaban J connectivity index is 1.81. The number of hydrogen-bond donors (Lipinski definition) is 2. The molecule has 1 saturated heterocycles. The fraction of sp³-hybridized carbons (Fsp3) is 0.417. The summed E-state index contributed by atoms with van der Waals surface area (Å²) in [5, 5.41) is 6.34. The lowest BCUT2D eigenvalue weighted by molar-refractivity contribution is 0.0947. The number of ether oxygens (including phenoxy) is 1. The van der Waals surface area contributed by atoms with E-state index in [1.807, 2.05) is 12.1 Å². The number of rotatable bonds is 8. The van der Waals surface area contributed by atoms with Crippen LogP contribution in [0.3, 0.4) is 0 Å². The van der Waals surface area contributed by atoms with Gasteiger partial charge in [0.2, 0.25) is 0 Å². The molecule has 0 bridgehead atoms. The predicted octanol–water partition coefficient (Wildman–Crippen LogP) is 4.59. The summed E-state index contributed by atoms with van der Waals surface area (Å²) in [6.45, 7) is 5.21. The summed E-state index contributed by atoms with van der Waals surface area (Å²) in [7, 11) is 1.64. The number of benzene rings is 2. The third kappa shape index (κ3) is 6.45. The predicted molar refractivity (Wildman–Crippen MR) is 125 cm³/mol. The van der Waals surface area contributed by atoms with Crippen molar-refractivity contribution < 1.29 is 14.3 Å². The van der Waals surface area contributed by atoms with Gasteiger partial charge in [-0.15, -0.1) is 0 Å². The summed E-state index contributed by atoms with van der Waals surface area (Å²) in [6, 6.07) is 12.3. The van der Waals surface area contributed by atoms with Crippen molar-refractivity contribution in [3.8, 4) is 0 Å². The maximum absolute atomic E-state index is 13.0. The van der Waals surface area contributed by atoms with Crippen LogP contribution in [0.25, 0.3) is 0 Å². The molecule has 0 atom stereocenters. The Kier molecular flexibility index (Phi) is 8.32. The number of hydrogen-bond acceptors (Lipinski definition) is 4. The van der Waals surface area contributed by atoms with Gasteiger partial charge in [0.25, 0.3) is 11.8 Å². The standard InChI is InChI=1S/C24H30ClN3O3/c1-17-9-12-28(13-10-17)22-8-7-20(16-21(22)24(30)26-11-4-14-31-2)27-23(29)18-5-3-6-19(25)15-18/h3,5-8,15-17H,4,9-14H2,1-2H3,(H,26,30)(H,27,29). The SMILES string of the molecule is COCCCNC(=O)c1cc(NC(=O)c2cccc(Cl)c2)ccc1N1CCC(C)CC1. The molecule has 166 valence electrons. The van der Waals surface area contributed by atoms with Crippen LogP contribution in [0.4, 0.5) is 11.4 Å². The molecule has 7 heteroatoms. The second-order valence-corrected chi connectivity index (χ2v) is 8.40. The number of halogens is 1. The average molecular weight is 444 g/mol. The van der Waals surface area contributed by atoms with Gasteiger partial charge >= 0.3 is 0 Å². The van der Waals surface area contributed by atoms with Crippen LogP contribution in [0, 0.1) is 5.92 Å². The lowest BCUT2D eigenvalue weighted by Gasteiger charge is -2.33. The molecule has 6 nitrogen and oxygen atoms in total. The maximum Gasteiger partial charge on any atom is 0.255 e. The highest BCUT2D eigenvalue weighted by Crippen LogP contribution is 2.29.